The maximum Gasteiger partial charge on any atom is 0.234 e. The molecule has 1 aromatic rings. The first-order valence-corrected chi connectivity index (χ1v) is 6.66. The minimum atomic E-state index is -0.147. The molecule has 0 unspecified atom stereocenters. The van der Waals surface area contributed by atoms with Gasteiger partial charge < -0.3 is 0 Å². The van der Waals surface area contributed by atoms with E-state index in [9.17, 15) is 9.59 Å². The van der Waals surface area contributed by atoms with Crippen LogP contribution in [-0.2, 0) is 22.7 Å². The lowest BCUT2D eigenvalue weighted by atomic mass is 10.00. The van der Waals surface area contributed by atoms with E-state index in [0.717, 1.165) is 12.2 Å². The minimum absolute atomic E-state index is 0.0309. The second-order valence-electron chi connectivity index (χ2n) is 5.31. The summed E-state index contributed by atoms with van der Waals surface area (Å²) >= 11 is 0. The first-order chi connectivity index (χ1) is 9.10. The molecule has 0 spiro atoms. The van der Waals surface area contributed by atoms with E-state index in [4.69, 9.17) is 0 Å². The SMILES string of the molecule is CCn1ccc(CN2C[C@@H]3C(=O)N(C)C(=O)[C@@H]3C2)n1. The van der Waals surface area contributed by atoms with Crippen LogP contribution in [-0.4, -0.2) is 51.5 Å². The van der Waals surface area contributed by atoms with E-state index in [0.29, 0.717) is 19.6 Å². The molecule has 0 radical (unpaired) electrons. The molecule has 2 fully saturated rings. The Morgan fingerprint density at radius 1 is 1.26 bits per heavy atom. The molecule has 19 heavy (non-hydrogen) atoms. The maximum absolute atomic E-state index is 11.9. The van der Waals surface area contributed by atoms with Gasteiger partial charge in [-0.3, -0.25) is 24.1 Å². The molecule has 6 nitrogen and oxygen atoms in total. The molecule has 0 bridgehead atoms. The number of likely N-dealkylation sites (tertiary alicyclic amines) is 2. The van der Waals surface area contributed by atoms with Crippen LogP contribution in [0, 0.1) is 11.8 Å². The highest BCUT2D eigenvalue weighted by molar-refractivity contribution is 6.05. The van der Waals surface area contributed by atoms with Gasteiger partial charge in [0.05, 0.1) is 17.5 Å². The van der Waals surface area contributed by atoms with Crippen molar-refractivity contribution >= 4 is 11.8 Å². The van der Waals surface area contributed by atoms with Crippen molar-refractivity contribution in [1.82, 2.24) is 19.6 Å². The fraction of sp³-hybridized carbons (Fsp3) is 0.615. The van der Waals surface area contributed by atoms with Gasteiger partial charge in [-0.05, 0) is 13.0 Å². The lowest BCUT2D eigenvalue weighted by molar-refractivity contribution is -0.138. The summed E-state index contributed by atoms with van der Waals surface area (Å²) in [7, 11) is 1.58. The number of amides is 2. The van der Waals surface area contributed by atoms with Gasteiger partial charge in [0.1, 0.15) is 0 Å². The molecule has 2 atom stereocenters. The average molecular weight is 262 g/mol. The number of carbonyl (C=O) groups is 2. The van der Waals surface area contributed by atoms with Gasteiger partial charge in [0.15, 0.2) is 0 Å². The fourth-order valence-electron chi connectivity index (χ4n) is 3.01. The zero-order chi connectivity index (χ0) is 13.6. The molecule has 2 saturated heterocycles. The third kappa shape index (κ3) is 1.96. The summed E-state index contributed by atoms with van der Waals surface area (Å²) < 4.78 is 1.89. The van der Waals surface area contributed by atoms with Crippen molar-refractivity contribution in [2.45, 2.75) is 20.0 Å². The lowest BCUT2D eigenvalue weighted by Crippen LogP contribution is -2.33. The van der Waals surface area contributed by atoms with Crippen LogP contribution in [0.5, 0.6) is 0 Å². The van der Waals surface area contributed by atoms with Gasteiger partial charge in [-0.25, -0.2) is 0 Å². The number of rotatable bonds is 3. The molecule has 6 heteroatoms. The van der Waals surface area contributed by atoms with Gasteiger partial charge in [0.2, 0.25) is 11.8 Å². The molecule has 2 aliphatic rings. The Hall–Kier alpha value is -1.69. The Kier molecular flexibility index (Phi) is 2.89. The van der Waals surface area contributed by atoms with Crippen molar-refractivity contribution in [3.63, 3.8) is 0 Å². The van der Waals surface area contributed by atoms with Crippen LogP contribution in [0.4, 0.5) is 0 Å². The van der Waals surface area contributed by atoms with E-state index in [1.807, 2.05) is 23.9 Å². The smallest absolute Gasteiger partial charge is 0.234 e. The summed E-state index contributed by atoms with van der Waals surface area (Å²) in [5, 5.41) is 4.43. The van der Waals surface area contributed by atoms with Crippen molar-refractivity contribution in [3.05, 3.63) is 18.0 Å². The molecule has 102 valence electrons. The quantitative estimate of drug-likeness (QED) is 0.717. The van der Waals surface area contributed by atoms with Crippen LogP contribution in [0.25, 0.3) is 0 Å². The van der Waals surface area contributed by atoms with Crippen molar-refractivity contribution in [2.24, 2.45) is 11.8 Å². The van der Waals surface area contributed by atoms with E-state index in [2.05, 4.69) is 10.00 Å². The molecular weight excluding hydrogens is 244 g/mol. The van der Waals surface area contributed by atoms with Crippen LogP contribution >= 0.6 is 0 Å². The standard InChI is InChI=1S/C13H18N4O2/c1-3-17-5-4-9(14-17)6-16-7-10-11(8-16)13(19)15(2)12(10)18/h4-5,10-11H,3,6-8H2,1-2H3/t10-,11+. The summed E-state index contributed by atoms with van der Waals surface area (Å²) in [6.45, 7) is 4.94. The molecule has 3 heterocycles. The Bertz CT molecular complexity index is 500. The normalized spacial score (nSPS) is 27.4. The Morgan fingerprint density at radius 2 is 1.89 bits per heavy atom. The fourth-order valence-corrected chi connectivity index (χ4v) is 3.01. The van der Waals surface area contributed by atoms with E-state index in [1.54, 1.807) is 7.05 Å². The van der Waals surface area contributed by atoms with Gasteiger partial charge in [0.25, 0.3) is 0 Å². The molecule has 1 aromatic heterocycles. The van der Waals surface area contributed by atoms with Crippen molar-refractivity contribution in [3.8, 4) is 0 Å². The van der Waals surface area contributed by atoms with Crippen LogP contribution in [0.2, 0.25) is 0 Å². The molecule has 2 aliphatic heterocycles. The molecular formula is C13H18N4O2. The van der Waals surface area contributed by atoms with Gasteiger partial charge in [0, 0.05) is 39.4 Å². The molecule has 3 rings (SSSR count). The van der Waals surface area contributed by atoms with Crippen LogP contribution in [0.15, 0.2) is 12.3 Å². The van der Waals surface area contributed by atoms with E-state index < -0.39 is 0 Å². The second kappa shape index (κ2) is 4.45. The number of imide groups is 1. The van der Waals surface area contributed by atoms with Crippen molar-refractivity contribution in [1.29, 1.82) is 0 Å². The van der Waals surface area contributed by atoms with Crippen LogP contribution in [0.1, 0.15) is 12.6 Å². The Labute approximate surface area is 112 Å². The van der Waals surface area contributed by atoms with Crippen molar-refractivity contribution in [2.75, 3.05) is 20.1 Å². The number of nitrogens with zero attached hydrogens (tertiary/aromatic N) is 4. The maximum atomic E-state index is 11.9. The zero-order valence-electron chi connectivity index (χ0n) is 11.2. The number of carbonyl (C=O) groups excluding carboxylic acids is 2. The monoisotopic (exact) mass is 262 g/mol. The zero-order valence-corrected chi connectivity index (χ0v) is 11.2. The molecule has 0 saturated carbocycles. The van der Waals surface area contributed by atoms with Crippen molar-refractivity contribution < 1.29 is 9.59 Å². The molecule has 0 N–H and O–H groups in total. The molecule has 2 amide bonds. The predicted molar refractivity (Wildman–Crippen MR) is 67.9 cm³/mol. The summed E-state index contributed by atoms with van der Waals surface area (Å²) in [5.41, 5.74) is 0.995. The van der Waals surface area contributed by atoms with Gasteiger partial charge >= 0.3 is 0 Å². The average Bonchev–Trinajstić information content (AvgIpc) is 3.06. The van der Waals surface area contributed by atoms with Crippen LogP contribution < -0.4 is 0 Å². The third-order valence-corrected chi connectivity index (χ3v) is 4.10. The summed E-state index contributed by atoms with van der Waals surface area (Å²) in [6, 6.07) is 1.99. The largest absolute Gasteiger partial charge is 0.296 e. The molecule has 0 aromatic carbocycles. The number of aromatic nitrogens is 2. The highest BCUT2D eigenvalue weighted by atomic mass is 16.2. The second-order valence-corrected chi connectivity index (χ2v) is 5.31. The van der Waals surface area contributed by atoms with Gasteiger partial charge in [-0.15, -0.1) is 0 Å². The summed E-state index contributed by atoms with van der Waals surface area (Å²) in [5.74, 6) is -0.357. The highest BCUT2D eigenvalue weighted by Gasteiger charge is 2.50. The number of hydrogen-bond donors (Lipinski definition) is 0. The first-order valence-electron chi connectivity index (χ1n) is 6.66. The number of aryl methyl sites for hydroxylation is 1. The predicted octanol–water partition coefficient (Wildman–Crippen LogP) is -0.0504. The summed E-state index contributed by atoms with van der Waals surface area (Å²) in [6.07, 6.45) is 1.95. The number of fused-ring (bicyclic) bond motifs is 1. The summed E-state index contributed by atoms with van der Waals surface area (Å²) in [4.78, 5) is 27.2. The number of hydrogen-bond acceptors (Lipinski definition) is 4. The van der Waals surface area contributed by atoms with E-state index in [1.165, 1.54) is 4.90 Å². The first kappa shape index (κ1) is 12.3. The Morgan fingerprint density at radius 3 is 2.42 bits per heavy atom. The van der Waals surface area contributed by atoms with Crippen LogP contribution in [0.3, 0.4) is 0 Å². The Balaban J connectivity index is 1.67. The van der Waals surface area contributed by atoms with E-state index in [-0.39, 0.29) is 23.7 Å². The van der Waals surface area contributed by atoms with Gasteiger partial charge in [-0.2, -0.15) is 5.10 Å². The topological polar surface area (TPSA) is 58.4 Å². The lowest BCUT2D eigenvalue weighted by Gasteiger charge is -2.17. The van der Waals surface area contributed by atoms with Gasteiger partial charge in [-0.1, -0.05) is 0 Å². The molecule has 0 aliphatic carbocycles. The minimum Gasteiger partial charge on any atom is -0.296 e. The highest BCUT2D eigenvalue weighted by Crippen LogP contribution is 2.32. The third-order valence-electron chi connectivity index (χ3n) is 4.10. The van der Waals surface area contributed by atoms with E-state index >= 15 is 0 Å².